The van der Waals surface area contributed by atoms with Gasteiger partial charge in [0.05, 0.1) is 22.3 Å². The van der Waals surface area contributed by atoms with Crippen LogP contribution >= 0.6 is 12.2 Å². The van der Waals surface area contributed by atoms with E-state index >= 15 is 0 Å². The molecule has 8 heteroatoms. The molecule has 4 aromatic rings. The van der Waals surface area contributed by atoms with E-state index in [4.69, 9.17) is 12.2 Å². The number of hydrogen-bond donors (Lipinski definition) is 2. The van der Waals surface area contributed by atoms with Crippen molar-refractivity contribution in [3.63, 3.8) is 0 Å². The zero-order chi connectivity index (χ0) is 23.4. The molecule has 0 saturated carbocycles. The van der Waals surface area contributed by atoms with Crippen LogP contribution in [0.25, 0.3) is 16.6 Å². The van der Waals surface area contributed by atoms with Gasteiger partial charge in [-0.05, 0) is 67.9 Å². The number of H-pyrrole nitrogens is 1. The molecule has 0 aliphatic heterocycles. The SMILES string of the molecule is C=CCn1c(=S)[nH]c2cc(C(=O)NCCCc3cn(-c4ccccc4)nc3C)ccc2c1=O. The smallest absolute Gasteiger partial charge is 0.262 e. The molecule has 2 aromatic heterocycles. The third kappa shape index (κ3) is 4.85. The normalized spacial score (nSPS) is 10.9. The average Bonchev–Trinajstić information content (AvgIpc) is 3.20. The first-order chi connectivity index (χ1) is 16.0. The second-order valence-electron chi connectivity index (χ2n) is 7.77. The van der Waals surface area contributed by atoms with Gasteiger partial charge in [0, 0.05) is 24.8 Å². The number of allylic oxidation sites excluding steroid dienone is 1. The van der Waals surface area contributed by atoms with E-state index in [1.165, 1.54) is 4.57 Å². The number of aromatic amines is 1. The van der Waals surface area contributed by atoms with E-state index in [1.807, 2.05) is 48.1 Å². The first kappa shape index (κ1) is 22.4. The van der Waals surface area contributed by atoms with Crippen molar-refractivity contribution in [3.05, 3.63) is 99.3 Å². The number of carbonyl (C=O) groups excluding carboxylic acids is 1. The van der Waals surface area contributed by atoms with Gasteiger partial charge in [-0.3, -0.25) is 14.2 Å². The van der Waals surface area contributed by atoms with Crippen LogP contribution in [0.5, 0.6) is 0 Å². The molecule has 0 fully saturated rings. The van der Waals surface area contributed by atoms with Gasteiger partial charge in [-0.25, -0.2) is 4.68 Å². The third-order valence-electron chi connectivity index (χ3n) is 5.49. The number of hydrogen-bond acceptors (Lipinski definition) is 4. The standard InChI is InChI=1S/C25H25N5O2S/c1-3-14-29-24(32)21-12-11-18(15-22(21)27-25(29)33)23(31)26-13-7-8-19-16-30(28-17(19)2)20-9-5-4-6-10-20/h3-6,9-12,15-16H,1,7-8,13-14H2,2H3,(H,26,31)(H,27,33). The van der Waals surface area contributed by atoms with Crippen LogP contribution in [-0.2, 0) is 13.0 Å². The molecule has 7 nitrogen and oxygen atoms in total. The summed E-state index contributed by atoms with van der Waals surface area (Å²) < 4.78 is 3.62. The van der Waals surface area contributed by atoms with Gasteiger partial charge in [0.25, 0.3) is 11.5 Å². The summed E-state index contributed by atoms with van der Waals surface area (Å²) >= 11 is 5.27. The number of rotatable bonds is 8. The van der Waals surface area contributed by atoms with Crippen LogP contribution in [0.2, 0.25) is 0 Å². The molecule has 0 aliphatic carbocycles. The molecule has 168 valence electrons. The Balaban J connectivity index is 1.39. The molecule has 0 spiro atoms. The van der Waals surface area contributed by atoms with Crippen LogP contribution < -0.4 is 10.9 Å². The number of nitrogens with zero attached hydrogens (tertiary/aromatic N) is 3. The number of para-hydroxylation sites is 1. The molecule has 1 amide bonds. The summed E-state index contributed by atoms with van der Waals surface area (Å²) in [7, 11) is 0. The second kappa shape index (κ2) is 9.79. The molecule has 2 aromatic carbocycles. The number of aryl methyl sites for hydroxylation is 2. The van der Waals surface area contributed by atoms with E-state index in [0.717, 1.165) is 29.8 Å². The summed E-state index contributed by atoms with van der Waals surface area (Å²) in [5.74, 6) is -0.191. The summed E-state index contributed by atoms with van der Waals surface area (Å²) in [4.78, 5) is 28.3. The van der Waals surface area contributed by atoms with Crippen molar-refractivity contribution in [3.8, 4) is 5.69 Å². The topological polar surface area (TPSA) is 84.7 Å². The van der Waals surface area contributed by atoms with Crippen molar-refractivity contribution in [1.82, 2.24) is 24.6 Å². The van der Waals surface area contributed by atoms with Crippen LogP contribution in [0.4, 0.5) is 0 Å². The summed E-state index contributed by atoms with van der Waals surface area (Å²) in [6, 6.07) is 14.9. The Morgan fingerprint density at radius 3 is 2.79 bits per heavy atom. The highest BCUT2D eigenvalue weighted by Gasteiger charge is 2.11. The zero-order valence-electron chi connectivity index (χ0n) is 18.4. The minimum atomic E-state index is -0.202. The molecule has 4 rings (SSSR count). The fourth-order valence-corrected chi connectivity index (χ4v) is 4.00. The van der Waals surface area contributed by atoms with Gasteiger partial charge in [-0.15, -0.1) is 6.58 Å². The molecule has 2 heterocycles. The Bertz CT molecular complexity index is 1430. The predicted molar refractivity (Wildman–Crippen MR) is 133 cm³/mol. The van der Waals surface area contributed by atoms with Gasteiger partial charge in [0.2, 0.25) is 0 Å². The van der Waals surface area contributed by atoms with Crippen molar-refractivity contribution >= 4 is 29.0 Å². The summed E-state index contributed by atoms with van der Waals surface area (Å²) in [5, 5.41) is 8.02. The van der Waals surface area contributed by atoms with E-state index in [9.17, 15) is 9.59 Å². The van der Waals surface area contributed by atoms with E-state index in [-0.39, 0.29) is 11.5 Å². The number of aromatic nitrogens is 4. The molecular formula is C25H25N5O2S. The van der Waals surface area contributed by atoms with E-state index in [0.29, 0.717) is 34.3 Å². The Labute approximate surface area is 196 Å². The summed E-state index contributed by atoms with van der Waals surface area (Å²) in [6.07, 6.45) is 5.26. The zero-order valence-corrected chi connectivity index (χ0v) is 19.2. The number of amides is 1. The molecular weight excluding hydrogens is 434 g/mol. The van der Waals surface area contributed by atoms with Crippen LogP contribution in [0.1, 0.15) is 28.0 Å². The fraction of sp³-hybridized carbons (Fsp3) is 0.200. The van der Waals surface area contributed by atoms with E-state index in [1.54, 1.807) is 24.3 Å². The lowest BCUT2D eigenvalue weighted by molar-refractivity contribution is 0.0953. The number of nitrogens with one attached hydrogen (secondary N) is 2. The lowest BCUT2D eigenvalue weighted by atomic mass is 10.1. The van der Waals surface area contributed by atoms with Crippen molar-refractivity contribution in [2.75, 3.05) is 6.54 Å². The van der Waals surface area contributed by atoms with Crippen LogP contribution in [0, 0.1) is 11.7 Å². The minimum absolute atomic E-state index is 0.191. The second-order valence-corrected chi connectivity index (χ2v) is 8.16. The maximum atomic E-state index is 12.6. The van der Waals surface area contributed by atoms with E-state index < -0.39 is 0 Å². The van der Waals surface area contributed by atoms with Crippen molar-refractivity contribution in [2.24, 2.45) is 0 Å². The number of carbonyl (C=O) groups is 1. The van der Waals surface area contributed by atoms with E-state index in [2.05, 4.69) is 22.0 Å². The van der Waals surface area contributed by atoms with Crippen LogP contribution in [0.15, 0.2) is 72.2 Å². The van der Waals surface area contributed by atoms with Gasteiger partial charge in [-0.1, -0.05) is 24.3 Å². The maximum Gasteiger partial charge on any atom is 0.262 e. The van der Waals surface area contributed by atoms with Crippen molar-refractivity contribution in [2.45, 2.75) is 26.3 Å². The monoisotopic (exact) mass is 459 g/mol. The van der Waals surface area contributed by atoms with Crippen LogP contribution in [-0.4, -0.2) is 31.8 Å². The molecule has 0 atom stereocenters. The average molecular weight is 460 g/mol. The Morgan fingerprint density at radius 1 is 1.24 bits per heavy atom. The molecule has 33 heavy (non-hydrogen) atoms. The van der Waals surface area contributed by atoms with Gasteiger partial charge < -0.3 is 10.3 Å². The Hall–Kier alpha value is -3.78. The van der Waals surface area contributed by atoms with Gasteiger partial charge >= 0.3 is 0 Å². The quantitative estimate of drug-likeness (QED) is 0.236. The molecule has 0 bridgehead atoms. The highest BCUT2D eigenvalue weighted by Crippen LogP contribution is 2.14. The largest absolute Gasteiger partial charge is 0.352 e. The fourth-order valence-electron chi connectivity index (χ4n) is 3.73. The highest BCUT2D eigenvalue weighted by atomic mass is 32.1. The summed E-state index contributed by atoms with van der Waals surface area (Å²) in [6.45, 7) is 6.51. The third-order valence-corrected chi connectivity index (χ3v) is 5.81. The lowest BCUT2D eigenvalue weighted by Gasteiger charge is -2.08. The van der Waals surface area contributed by atoms with Gasteiger partial charge in [-0.2, -0.15) is 5.10 Å². The maximum absolute atomic E-state index is 12.6. The lowest BCUT2D eigenvalue weighted by Crippen LogP contribution is -2.25. The van der Waals surface area contributed by atoms with Crippen molar-refractivity contribution < 1.29 is 4.79 Å². The molecule has 0 radical (unpaired) electrons. The Kier molecular flexibility index (Phi) is 6.65. The number of benzene rings is 2. The summed E-state index contributed by atoms with van der Waals surface area (Å²) in [5.41, 5.74) is 3.97. The molecule has 0 saturated heterocycles. The molecule has 0 aliphatic rings. The van der Waals surface area contributed by atoms with Gasteiger partial charge in [0.15, 0.2) is 4.77 Å². The first-order valence-corrected chi connectivity index (χ1v) is 11.2. The molecule has 2 N–H and O–H groups in total. The van der Waals surface area contributed by atoms with Crippen molar-refractivity contribution in [1.29, 1.82) is 0 Å². The molecule has 0 unspecified atom stereocenters. The minimum Gasteiger partial charge on any atom is -0.352 e. The Morgan fingerprint density at radius 2 is 2.03 bits per heavy atom. The van der Waals surface area contributed by atoms with Gasteiger partial charge in [0.1, 0.15) is 0 Å². The highest BCUT2D eigenvalue weighted by molar-refractivity contribution is 7.71. The predicted octanol–water partition coefficient (Wildman–Crippen LogP) is 4.10. The van der Waals surface area contributed by atoms with Crippen LogP contribution in [0.3, 0.4) is 0 Å². The number of fused-ring (bicyclic) bond motifs is 1. The first-order valence-electron chi connectivity index (χ1n) is 10.7.